The van der Waals surface area contributed by atoms with Crippen molar-refractivity contribution in [1.29, 1.82) is 0 Å². The number of unbranched alkanes of at least 4 members (excludes halogenated alkanes) is 1. The molecule has 0 N–H and O–H groups in total. The van der Waals surface area contributed by atoms with Crippen molar-refractivity contribution in [1.82, 2.24) is 0 Å². The predicted octanol–water partition coefficient (Wildman–Crippen LogP) is 3.47. The Morgan fingerprint density at radius 3 is 2.60 bits per heavy atom. The van der Waals surface area contributed by atoms with Gasteiger partial charge in [0, 0.05) is 5.57 Å². The van der Waals surface area contributed by atoms with Crippen molar-refractivity contribution in [3.63, 3.8) is 0 Å². The molecule has 0 heterocycles. The topological polar surface area (TPSA) is 26.3 Å². The van der Waals surface area contributed by atoms with Crippen LogP contribution in [0.15, 0.2) is 12.2 Å². The fourth-order valence-corrected chi connectivity index (χ4v) is 2.12. The maximum Gasteiger partial charge on any atom is 0.333 e. The normalized spacial score (nSPS) is 16.6. The van der Waals surface area contributed by atoms with Gasteiger partial charge in [0.1, 0.15) is 0 Å². The minimum absolute atomic E-state index is 0.254. The first-order valence-corrected chi connectivity index (χ1v) is 6.03. The predicted molar refractivity (Wildman–Crippen MR) is 61.6 cm³/mol. The van der Waals surface area contributed by atoms with Crippen LogP contribution in [0.5, 0.6) is 0 Å². The third-order valence-corrected chi connectivity index (χ3v) is 3.06. The number of hydrogen-bond acceptors (Lipinski definition) is 2. The molecule has 2 nitrogen and oxygen atoms in total. The van der Waals surface area contributed by atoms with E-state index in [4.69, 9.17) is 4.74 Å². The number of hydrogen-bond donors (Lipinski definition) is 0. The molecule has 0 amide bonds. The summed E-state index contributed by atoms with van der Waals surface area (Å²) in [4.78, 5) is 11.0. The first-order valence-electron chi connectivity index (χ1n) is 6.03. The molecule has 15 heavy (non-hydrogen) atoms. The van der Waals surface area contributed by atoms with Gasteiger partial charge in [-0.25, -0.2) is 4.79 Å². The van der Waals surface area contributed by atoms with Crippen molar-refractivity contribution in [2.45, 2.75) is 51.9 Å². The average molecular weight is 210 g/mol. The highest BCUT2D eigenvalue weighted by Crippen LogP contribution is 2.28. The van der Waals surface area contributed by atoms with Crippen LogP contribution < -0.4 is 0 Å². The van der Waals surface area contributed by atoms with Crippen LogP contribution in [0.2, 0.25) is 0 Å². The number of carbonyl (C=O) groups excluding carboxylic acids is 1. The Kier molecular flexibility index (Phi) is 5.44. The second-order valence-corrected chi connectivity index (χ2v) is 4.56. The molecular weight excluding hydrogens is 188 g/mol. The van der Waals surface area contributed by atoms with Gasteiger partial charge in [-0.3, -0.25) is 0 Å². The zero-order chi connectivity index (χ0) is 11.1. The minimum Gasteiger partial charge on any atom is -0.462 e. The van der Waals surface area contributed by atoms with Crippen molar-refractivity contribution in [3.05, 3.63) is 12.2 Å². The molecule has 86 valence electrons. The van der Waals surface area contributed by atoms with Crippen LogP contribution in [0.4, 0.5) is 0 Å². The van der Waals surface area contributed by atoms with Gasteiger partial charge in [0.05, 0.1) is 6.61 Å². The highest BCUT2D eigenvalue weighted by Gasteiger charge is 2.14. The molecule has 1 saturated carbocycles. The van der Waals surface area contributed by atoms with Crippen LogP contribution >= 0.6 is 0 Å². The highest BCUT2D eigenvalue weighted by molar-refractivity contribution is 5.86. The molecule has 0 saturated heterocycles. The lowest BCUT2D eigenvalue weighted by Crippen LogP contribution is -2.06. The van der Waals surface area contributed by atoms with Gasteiger partial charge >= 0.3 is 5.97 Å². The zero-order valence-electron chi connectivity index (χ0n) is 9.76. The largest absolute Gasteiger partial charge is 0.462 e. The summed E-state index contributed by atoms with van der Waals surface area (Å²) >= 11 is 0. The third kappa shape index (κ3) is 5.01. The molecular formula is C13H22O2. The molecule has 2 heteroatoms. The van der Waals surface area contributed by atoms with Crippen LogP contribution in [-0.4, -0.2) is 12.6 Å². The summed E-state index contributed by atoms with van der Waals surface area (Å²) in [5.41, 5.74) is 0.491. The Hall–Kier alpha value is -0.790. The van der Waals surface area contributed by atoms with Gasteiger partial charge in [0.15, 0.2) is 0 Å². The summed E-state index contributed by atoms with van der Waals surface area (Å²) in [5.74, 6) is 0.692. The highest BCUT2D eigenvalue weighted by atomic mass is 16.5. The molecule has 0 atom stereocenters. The Balaban J connectivity index is 1.92. The molecule has 0 unspecified atom stereocenters. The summed E-state index contributed by atoms with van der Waals surface area (Å²) in [6, 6.07) is 0. The molecule has 1 aliphatic rings. The van der Waals surface area contributed by atoms with E-state index >= 15 is 0 Å². The molecule has 0 aromatic heterocycles. The lowest BCUT2D eigenvalue weighted by atomic mass is 10.0. The third-order valence-electron chi connectivity index (χ3n) is 3.06. The van der Waals surface area contributed by atoms with E-state index in [0.717, 1.165) is 12.3 Å². The van der Waals surface area contributed by atoms with Crippen LogP contribution in [0.1, 0.15) is 51.9 Å². The zero-order valence-corrected chi connectivity index (χ0v) is 9.76. The SMILES string of the molecule is C=C(C)C(=O)OCCCCC1CCCC1. The Morgan fingerprint density at radius 1 is 1.33 bits per heavy atom. The summed E-state index contributed by atoms with van der Waals surface area (Å²) in [5, 5.41) is 0. The quantitative estimate of drug-likeness (QED) is 0.381. The van der Waals surface area contributed by atoms with Gasteiger partial charge in [-0.05, 0) is 25.7 Å². The van der Waals surface area contributed by atoms with E-state index in [-0.39, 0.29) is 5.97 Å². The fourth-order valence-electron chi connectivity index (χ4n) is 2.12. The van der Waals surface area contributed by atoms with Gasteiger partial charge in [0.25, 0.3) is 0 Å². The van der Waals surface area contributed by atoms with E-state index in [1.54, 1.807) is 6.92 Å². The van der Waals surface area contributed by atoms with Crippen molar-refractivity contribution in [2.24, 2.45) is 5.92 Å². The van der Waals surface area contributed by atoms with Crippen LogP contribution in [0.3, 0.4) is 0 Å². The smallest absolute Gasteiger partial charge is 0.333 e. The van der Waals surface area contributed by atoms with E-state index in [2.05, 4.69) is 6.58 Å². The van der Waals surface area contributed by atoms with Gasteiger partial charge < -0.3 is 4.74 Å². The first-order chi connectivity index (χ1) is 7.20. The Morgan fingerprint density at radius 2 is 2.00 bits per heavy atom. The number of esters is 1. The summed E-state index contributed by atoms with van der Waals surface area (Å²) in [6.45, 7) is 5.78. The monoisotopic (exact) mass is 210 g/mol. The first kappa shape index (κ1) is 12.3. The minimum atomic E-state index is -0.254. The molecule has 1 rings (SSSR count). The molecule has 1 fully saturated rings. The van der Waals surface area contributed by atoms with Crippen molar-refractivity contribution in [2.75, 3.05) is 6.61 Å². The van der Waals surface area contributed by atoms with E-state index < -0.39 is 0 Å². The van der Waals surface area contributed by atoms with E-state index in [1.807, 2.05) is 0 Å². The van der Waals surface area contributed by atoms with Crippen molar-refractivity contribution < 1.29 is 9.53 Å². The number of carbonyl (C=O) groups is 1. The van der Waals surface area contributed by atoms with E-state index in [0.29, 0.717) is 12.2 Å². The van der Waals surface area contributed by atoms with Crippen molar-refractivity contribution >= 4 is 5.97 Å². The van der Waals surface area contributed by atoms with Gasteiger partial charge in [-0.2, -0.15) is 0 Å². The van der Waals surface area contributed by atoms with Gasteiger partial charge in [0.2, 0.25) is 0 Å². The maximum atomic E-state index is 11.0. The number of rotatable bonds is 6. The van der Waals surface area contributed by atoms with Crippen LogP contribution in [0.25, 0.3) is 0 Å². The summed E-state index contributed by atoms with van der Waals surface area (Å²) < 4.78 is 5.03. The van der Waals surface area contributed by atoms with Crippen LogP contribution in [-0.2, 0) is 9.53 Å². The second-order valence-electron chi connectivity index (χ2n) is 4.56. The Bertz CT molecular complexity index is 215. The number of ether oxygens (including phenoxy) is 1. The van der Waals surface area contributed by atoms with Crippen molar-refractivity contribution in [3.8, 4) is 0 Å². The molecule has 0 aromatic rings. The lowest BCUT2D eigenvalue weighted by molar-refractivity contribution is -0.139. The average Bonchev–Trinajstić information content (AvgIpc) is 2.69. The van der Waals surface area contributed by atoms with Crippen LogP contribution in [0, 0.1) is 5.92 Å². The summed E-state index contributed by atoms with van der Waals surface area (Å²) in [6.07, 6.45) is 9.13. The molecule has 1 aliphatic carbocycles. The standard InChI is InChI=1S/C13H22O2/c1-11(2)13(14)15-10-6-5-9-12-7-3-4-8-12/h12H,1,3-10H2,2H3. The second kappa shape index (κ2) is 6.65. The molecule has 0 radical (unpaired) electrons. The van der Waals surface area contributed by atoms with E-state index in [9.17, 15) is 4.79 Å². The molecule has 0 aliphatic heterocycles. The van der Waals surface area contributed by atoms with Gasteiger partial charge in [-0.1, -0.05) is 38.7 Å². The molecule has 0 bridgehead atoms. The molecule has 0 aromatic carbocycles. The fraction of sp³-hybridized carbons (Fsp3) is 0.769. The van der Waals surface area contributed by atoms with E-state index in [1.165, 1.54) is 38.5 Å². The molecule has 0 spiro atoms. The Labute approximate surface area is 92.7 Å². The summed E-state index contributed by atoms with van der Waals surface area (Å²) in [7, 11) is 0. The van der Waals surface area contributed by atoms with Gasteiger partial charge in [-0.15, -0.1) is 0 Å². The lowest BCUT2D eigenvalue weighted by Gasteiger charge is -2.08. The maximum absolute atomic E-state index is 11.0.